The number of hydrogen-bond acceptors (Lipinski definition) is 5. The van der Waals surface area contributed by atoms with Gasteiger partial charge in [-0.1, -0.05) is 0 Å². The lowest BCUT2D eigenvalue weighted by Crippen LogP contribution is -2.44. The van der Waals surface area contributed by atoms with E-state index in [1.165, 1.54) is 0 Å². The molecule has 9 heteroatoms. The van der Waals surface area contributed by atoms with Crippen LogP contribution < -0.4 is 10.6 Å². The smallest absolute Gasteiger partial charge is 0.231 e. The van der Waals surface area contributed by atoms with Gasteiger partial charge in [0.05, 0.1) is 5.92 Å². The Morgan fingerprint density at radius 1 is 1.11 bits per heavy atom. The molecule has 1 aromatic rings. The zero-order valence-corrected chi connectivity index (χ0v) is 16.6. The molecule has 27 heavy (non-hydrogen) atoms. The van der Waals surface area contributed by atoms with Gasteiger partial charge in [-0.15, -0.1) is 12.4 Å². The van der Waals surface area contributed by atoms with Crippen molar-refractivity contribution in [3.8, 4) is 0 Å². The van der Waals surface area contributed by atoms with Crippen molar-refractivity contribution in [1.82, 2.24) is 25.0 Å². The van der Waals surface area contributed by atoms with E-state index >= 15 is 0 Å². The summed E-state index contributed by atoms with van der Waals surface area (Å²) in [6.45, 7) is 3.28. The van der Waals surface area contributed by atoms with Gasteiger partial charge in [0.1, 0.15) is 0 Å². The Morgan fingerprint density at radius 2 is 1.85 bits per heavy atom. The van der Waals surface area contributed by atoms with Crippen LogP contribution in [-0.4, -0.2) is 57.7 Å². The summed E-state index contributed by atoms with van der Waals surface area (Å²) >= 11 is 0. The van der Waals surface area contributed by atoms with E-state index in [-0.39, 0.29) is 36.1 Å². The fraction of sp³-hybridized carbons (Fsp3) is 0.778. The lowest BCUT2D eigenvalue weighted by Gasteiger charge is -2.32. The Balaban J connectivity index is 0.00000210. The molecule has 0 spiro atoms. The summed E-state index contributed by atoms with van der Waals surface area (Å²) in [6, 6.07) is 0. The van der Waals surface area contributed by atoms with E-state index in [0.717, 1.165) is 64.0 Å². The van der Waals surface area contributed by atoms with Crippen molar-refractivity contribution in [1.29, 1.82) is 0 Å². The largest absolute Gasteiger partial charge is 0.342 e. The molecule has 3 fully saturated rings. The number of aromatic nitrogens is 3. The molecule has 1 atom stereocenters. The van der Waals surface area contributed by atoms with Gasteiger partial charge in [-0.2, -0.15) is 10.1 Å². The second-order valence-electron chi connectivity index (χ2n) is 7.83. The molecule has 3 heterocycles. The third-order valence-corrected chi connectivity index (χ3v) is 5.75. The quantitative estimate of drug-likeness (QED) is 0.800. The van der Waals surface area contributed by atoms with Gasteiger partial charge < -0.3 is 10.2 Å². The van der Waals surface area contributed by atoms with Crippen molar-refractivity contribution in [2.75, 3.05) is 31.5 Å². The van der Waals surface area contributed by atoms with E-state index < -0.39 is 0 Å². The lowest BCUT2D eigenvalue weighted by molar-refractivity contribution is -0.135. The summed E-state index contributed by atoms with van der Waals surface area (Å²) in [4.78, 5) is 31.5. The van der Waals surface area contributed by atoms with Gasteiger partial charge in [-0.25, -0.2) is 4.68 Å². The Kier molecular flexibility index (Phi) is 6.37. The van der Waals surface area contributed by atoms with Crippen LogP contribution in [0.4, 0.5) is 5.95 Å². The van der Waals surface area contributed by atoms with Crippen molar-refractivity contribution < 1.29 is 9.59 Å². The molecule has 2 N–H and O–H groups in total. The second-order valence-corrected chi connectivity index (χ2v) is 7.83. The van der Waals surface area contributed by atoms with E-state index in [9.17, 15) is 9.59 Å². The molecule has 2 amide bonds. The number of aryl methyl sites for hydroxylation is 1. The molecule has 8 nitrogen and oxygen atoms in total. The Morgan fingerprint density at radius 3 is 2.56 bits per heavy atom. The number of piperidine rings is 2. The molecule has 4 rings (SSSR count). The van der Waals surface area contributed by atoms with Gasteiger partial charge in [0.15, 0.2) is 5.82 Å². The van der Waals surface area contributed by atoms with Crippen molar-refractivity contribution in [2.24, 2.45) is 18.9 Å². The molecule has 150 valence electrons. The van der Waals surface area contributed by atoms with Crippen LogP contribution in [0.1, 0.15) is 50.3 Å². The van der Waals surface area contributed by atoms with E-state index in [4.69, 9.17) is 0 Å². The fourth-order valence-corrected chi connectivity index (χ4v) is 3.96. The summed E-state index contributed by atoms with van der Waals surface area (Å²) in [5.41, 5.74) is 0. The van der Waals surface area contributed by atoms with Gasteiger partial charge >= 0.3 is 0 Å². The number of amides is 2. The van der Waals surface area contributed by atoms with E-state index in [1.54, 1.807) is 4.68 Å². The number of nitrogens with zero attached hydrogens (tertiary/aromatic N) is 4. The molecule has 0 aromatic carbocycles. The minimum atomic E-state index is -0.162. The SMILES string of the molecule is Cl.Cn1nc(C2CCNCC2)nc1NC(=O)C1CCCN(C(=O)C2CC2)C1. The number of nitrogens with one attached hydrogen (secondary N) is 2. The van der Waals surface area contributed by atoms with Crippen LogP contribution in [0, 0.1) is 11.8 Å². The molecule has 1 saturated carbocycles. The van der Waals surface area contributed by atoms with Gasteiger partial charge in [0, 0.05) is 32.0 Å². The predicted molar refractivity (Wildman–Crippen MR) is 104 cm³/mol. The van der Waals surface area contributed by atoms with Crippen molar-refractivity contribution >= 4 is 30.2 Å². The summed E-state index contributed by atoms with van der Waals surface area (Å²) in [5, 5.41) is 10.8. The van der Waals surface area contributed by atoms with Crippen molar-refractivity contribution in [2.45, 2.75) is 44.4 Å². The van der Waals surface area contributed by atoms with E-state index in [0.29, 0.717) is 18.4 Å². The third-order valence-electron chi connectivity index (χ3n) is 5.75. The van der Waals surface area contributed by atoms with E-state index in [2.05, 4.69) is 20.7 Å². The number of hydrogen-bond donors (Lipinski definition) is 2. The van der Waals surface area contributed by atoms with Gasteiger partial charge in [0.2, 0.25) is 17.8 Å². The zero-order chi connectivity index (χ0) is 18.1. The molecule has 1 aromatic heterocycles. The van der Waals surface area contributed by atoms with Crippen LogP contribution in [0.5, 0.6) is 0 Å². The van der Waals surface area contributed by atoms with Crippen molar-refractivity contribution in [3.05, 3.63) is 5.82 Å². The number of carbonyl (C=O) groups is 2. The zero-order valence-electron chi connectivity index (χ0n) is 15.8. The van der Waals surface area contributed by atoms with Crippen LogP contribution in [-0.2, 0) is 16.6 Å². The maximum atomic E-state index is 12.7. The van der Waals surface area contributed by atoms with Gasteiger partial charge in [-0.05, 0) is 51.6 Å². The maximum Gasteiger partial charge on any atom is 0.231 e. The summed E-state index contributed by atoms with van der Waals surface area (Å²) in [6.07, 6.45) is 5.76. The van der Waals surface area contributed by atoms with E-state index in [1.807, 2.05) is 11.9 Å². The van der Waals surface area contributed by atoms with Gasteiger partial charge in [-0.3, -0.25) is 14.9 Å². The standard InChI is InChI=1S/C18H28N6O2.ClH/c1-23-18(20-15(22-23)12-6-8-19-9-7-12)21-16(25)14-3-2-10-24(11-14)17(26)13-4-5-13;/h12-14,19H,2-11H2,1H3,(H,20,21,22,25);1H. The monoisotopic (exact) mass is 396 g/mol. The van der Waals surface area contributed by atoms with Crippen LogP contribution in [0.25, 0.3) is 0 Å². The fourth-order valence-electron chi connectivity index (χ4n) is 3.96. The van der Waals surface area contributed by atoms with Crippen molar-refractivity contribution in [3.63, 3.8) is 0 Å². The highest BCUT2D eigenvalue weighted by atomic mass is 35.5. The molecule has 3 aliphatic rings. The maximum absolute atomic E-state index is 12.7. The summed E-state index contributed by atoms with van der Waals surface area (Å²) < 4.78 is 1.66. The van der Waals surface area contributed by atoms with Crippen LogP contribution in [0.15, 0.2) is 0 Å². The Hall–Kier alpha value is -1.67. The highest BCUT2D eigenvalue weighted by Crippen LogP contribution is 2.32. The number of halogens is 1. The van der Waals surface area contributed by atoms with Crippen LogP contribution in [0.2, 0.25) is 0 Å². The topological polar surface area (TPSA) is 92.2 Å². The number of likely N-dealkylation sites (tertiary alicyclic amines) is 1. The predicted octanol–water partition coefficient (Wildman–Crippen LogP) is 1.29. The van der Waals surface area contributed by atoms with Crippen LogP contribution in [0.3, 0.4) is 0 Å². The number of carbonyl (C=O) groups excluding carboxylic acids is 2. The molecule has 1 aliphatic carbocycles. The first kappa shape index (κ1) is 20.1. The number of rotatable bonds is 4. The number of anilines is 1. The second kappa shape index (κ2) is 8.56. The summed E-state index contributed by atoms with van der Waals surface area (Å²) in [7, 11) is 1.82. The molecular formula is C18H29ClN6O2. The first-order valence-corrected chi connectivity index (χ1v) is 9.83. The minimum absolute atomic E-state index is 0. The van der Waals surface area contributed by atoms with Gasteiger partial charge in [0.25, 0.3) is 0 Å². The average molecular weight is 397 g/mol. The third kappa shape index (κ3) is 4.60. The lowest BCUT2D eigenvalue weighted by atomic mass is 9.97. The Bertz CT molecular complexity index is 683. The first-order chi connectivity index (χ1) is 12.6. The Labute approximate surface area is 165 Å². The molecule has 0 bridgehead atoms. The molecule has 2 saturated heterocycles. The molecular weight excluding hydrogens is 368 g/mol. The molecule has 2 aliphatic heterocycles. The summed E-state index contributed by atoms with van der Waals surface area (Å²) in [5.74, 6) is 1.91. The highest BCUT2D eigenvalue weighted by molar-refractivity contribution is 5.92. The normalized spacial score (nSPS) is 23.6. The molecule has 1 unspecified atom stereocenters. The average Bonchev–Trinajstić information content (AvgIpc) is 3.46. The first-order valence-electron chi connectivity index (χ1n) is 9.83. The minimum Gasteiger partial charge on any atom is -0.342 e. The molecule has 0 radical (unpaired) electrons. The highest BCUT2D eigenvalue weighted by Gasteiger charge is 2.37. The van der Waals surface area contributed by atoms with Crippen LogP contribution >= 0.6 is 12.4 Å².